The number of nitrogens with one attached hydrogen (secondary N) is 1. The second-order valence-electron chi connectivity index (χ2n) is 4.14. The summed E-state index contributed by atoms with van der Waals surface area (Å²) in [7, 11) is 2.61. The van der Waals surface area contributed by atoms with Crippen molar-refractivity contribution in [3.8, 4) is 6.07 Å². The van der Waals surface area contributed by atoms with Gasteiger partial charge in [-0.2, -0.15) is 5.26 Å². The molecule has 1 fully saturated rings. The molecule has 100 valence electrons. The predicted molar refractivity (Wildman–Crippen MR) is 61.5 cm³/mol. The average Bonchev–Trinajstić information content (AvgIpc) is 2.37. The number of likely N-dealkylation sites (tertiary alicyclic amines) is 1. The Bertz CT molecular complexity index is 353. The second-order valence-corrected chi connectivity index (χ2v) is 4.14. The van der Waals surface area contributed by atoms with E-state index < -0.39 is 6.09 Å². The highest BCUT2D eigenvalue weighted by atomic mass is 16.5. The van der Waals surface area contributed by atoms with Crippen LogP contribution >= 0.6 is 0 Å². The van der Waals surface area contributed by atoms with Crippen molar-refractivity contribution in [2.45, 2.75) is 12.5 Å². The summed E-state index contributed by atoms with van der Waals surface area (Å²) in [6.45, 7) is 1.21. The molecule has 7 heteroatoms. The minimum atomic E-state index is -0.539. The molecule has 0 saturated carbocycles. The number of alkyl carbamates (subject to hydrolysis) is 1. The fourth-order valence-corrected chi connectivity index (χ4v) is 2.09. The number of amides is 1. The fourth-order valence-electron chi connectivity index (χ4n) is 2.09. The Balaban J connectivity index is 2.65. The quantitative estimate of drug-likeness (QED) is 0.551. The number of carbonyl (C=O) groups is 2. The number of piperidine rings is 1. The second kappa shape index (κ2) is 6.81. The molecule has 0 aromatic carbocycles. The van der Waals surface area contributed by atoms with Crippen LogP contribution in [-0.4, -0.2) is 56.9 Å². The molecule has 2 unspecified atom stereocenters. The van der Waals surface area contributed by atoms with E-state index in [0.29, 0.717) is 19.5 Å². The summed E-state index contributed by atoms with van der Waals surface area (Å²) in [5.74, 6) is -0.659. The van der Waals surface area contributed by atoms with Crippen molar-refractivity contribution in [2.75, 3.05) is 33.9 Å². The van der Waals surface area contributed by atoms with Gasteiger partial charge in [0.05, 0.1) is 32.8 Å². The maximum absolute atomic E-state index is 11.5. The summed E-state index contributed by atoms with van der Waals surface area (Å²) in [5.41, 5.74) is 0. The molecule has 1 amide bonds. The van der Waals surface area contributed by atoms with Gasteiger partial charge in [0.2, 0.25) is 0 Å². The third kappa shape index (κ3) is 3.89. The van der Waals surface area contributed by atoms with Crippen LogP contribution in [0.2, 0.25) is 0 Å². The molecule has 2 atom stereocenters. The van der Waals surface area contributed by atoms with Gasteiger partial charge in [-0.1, -0.05) is 0 Å². The number of ether oxygens (including phenoxy) is 2. The molecule has 0 radical (unpaired) electrons. The fraction of sp³-hybridized carbons (Fsp3) is 0.727. The lowest BCUT2D eigenvalue weighted by molar-refractivity contribution is -0.147. The van der Waals surface area contributed by atoms with Crippen LogP contribution in [0.15, 0.2) is 0 Å². The monoisotopic (exact) mass is 255 g/mol. The number of esters is 1. The molecule has 0 bridgehead atoms. The topological polar surface area (TPSA) is 91.7 Å². The van der Waals surface area contributed by atoms with E-state index in [1.807, 2.05) is 11.0 Å². The Hall–Kier alpha value is -1.81. The Morgan fingerprint density at radius 1 is 1.39 bits per heavy atom. The first kappa shape index (κ1) is 14.3. The van der Waals surface area contributed by atoms with Crippen molar-refractivity contribution in [1.82, 2.24) is 10.2 Å². The number of nitriles is 1. The smallest absolute Gasteiger partial charge is 0.407 e. The third-order valence-corrected chi connectivity index (χ3v) is 2.86. The van der Waals surface area contributed by atoms with Gasteiger partial charge in [0.15, 0.2) is 0 Å². The zero-order chi connectivity index (χ0) is 13.5. The van der Waals surface area contributed by atoms with Crippen LogP contribution in [0.5, 0.6) is 0 Å². The van der Waals surface area contributed by atoms with Gasteiger partial charge in [0.1, 0.15) is 0 Å². The van der Waals surface area contributed by atoms with Crippen molar-refractivity contribution in [3.05, 3.63) is 0 Å². The summed E-state index contributed by atoms with van der Waals surface area (Å²) in [4.78, 5) is 24.5. The van der Waals surface area contributed by atoms with E-state index in [-0.39, 0.29) is 24.5 Å². The Morgan fingerprint density at radius 3 is 2.67 bits per heavy atom. The van der Waals surface area contributed by atoms with E-state index in [9.17, 15) is 9.59 Å². The molecule has 0 aliphatic carbocycles. The number of methoxy groups -OCH3 is 2. The van der Waals surface area contributed by atoms with Gasteiger partial charge in [-0.15, -0.1) is 0 Å². The van der Waals surface area contributed by atoms with Crippen LogP contribution in [-0.2, 0) is 14.3 Å². The maximum atomic E-state index is 11.5. The van der Waals surface area contributed by atoms with Crippen LogP contribution < -0.4 is 5.32 Å². The lowest BCUT2D eigenvalue weighted by atomic mass is 9.94. The number of hydrogen-bond acceptors (Lipinski definition) is 6. The first-order valence-electron chi connectivity index (χ1n) is 5.62. The lowest BCUT2D eigenvalue weighted by Gasteiger charge is -2.35. The molecule has 1 rings (SSSR count). The highest BCUT2D eigenvalue weighted by molar-refractivity contribution is 5.73. The molecule has 1 aliphatic heterocycles. The van der Waals surface area contributed by atoms with Crippen LogP contribution in [0.1, 0.15) is 6.42 Å². The van der Waals surface area contributed by atoms with E-state index in [1.54, 1.807) is 0 Å². The number of hydrogen-bond donors (Lipinski definition) is 1. The SMILES string of the molecule is COC(=O)NC1CC(C(=O)OC)CN(CC#N)C1. The van der Waals surface area contributed by atoms with E-state index in [1.165, 1.54) is 14.2 Å². The molecule has 0 aromatic rings. The van der Waals surface area contributed by atoms with Gasteiger partial charge >= 0.3 is 12.1 Å². The first-order valence-corrected chi connectivity index (χ1v) is 5.62. The summed E-state index contributed by atoms with van der Waals surface area (Å²) >= 11 is 0. The van der Waals surface area contributed by atoms with Gasteiger partial charge in [0.25, 0.3) is 0 Å². The first-order chi connectivity index (χ1) is 8.60. The van der Waals surface area contributed by atoms with Gasteiger partial charge in [-0.25, -0.2) is 4.79 Å². The molecule has 7 nitrogen and oxygen atoms in total. The zero-order valence-electron chi connectivity index (χ0n) is 10.5. The summed E-state index contributed by atoms with van der Waals surface area (Å²) < 4.78 is 9.22. The molecular formula is C11H17N3O4. The number of rotatable bonds is 3. The normalized spacial score (nSPS) is 23.8. The minimum Gasteiger partial charge on any atom is -0.469 e. The Kier molecular flexibility index (Phi) is 5.39. The molecular weight excluding hydrogens is 238 g/mol. The van der Waals surface area contributed by atoms with Crippen molar-refractivity contribution in [2.24, 2.45) is 5.92 Å². The lowest BCUT2D eigenvalue weighted by Crippen LogP contribution is -2.52. The number of nitrogens with zero attached hydrogens (tertiary/aromatic N) is 2. The molecule has 0 spiro atoms. The predicted octanol–water partition coefficient (Wildman–Crippen LogP) is -0.271. The summed E-state index contributed by atoms with van der Waals surface area (Å²) in [6.07, 6.45) is -0.0496. The highest BCUT2D eigenvalue weighted by Crippen LogP contribution is 2.18. The van der Waals surface area contributed by atoms with Crippen molar-refractivity contribution in [3.63, 3.8) is 0 Å². The third-order valence-electron chi connectivity index (χ3n) is 2.86. The van der Waals surface area contributed by atoms with Crippen molar-refractivity contribution < 1.29 is 19.1 Å². The van der Waals surface area contributed by atoms with Gasteiger partial charge in [0, 0.05) is 19.1 Å². The van der Waals surface area contributed by atoms with Gasteiger partial charge in [-0.3, -0.25) is 9.69 Å². The Morgan fingerprint density at radius 2 is 2.11 bits per heavy atom. The molecule has 1 heterocycles. The Labute approximate surface area is 106 Å². The van der Waals surface area contributed by atoms with Gasteiger partial charge < -0.3 is 14.8 Å². The highest BCUT2D eigenvalue weighted by Gasteiger charge is 2.32. The molecule has 1 saturated heterocycles. The minimum absolute atomic E-state index is 0.215. The summed E-state index contributed by atoms with van der Waals surface area (Å²) in [5, 5.41) is 11.3. The molecule has 0 aromatic heterocycles. The van der Waals surface area contributed by atoms with Crippen LogP contribution in [0.4, 0.5) is 4.79 Å². The van der Waals surface area contributed by atoms with E-state index >= 15 is 0 Å². The standard InChI is InChI=1S/C11H17N3O4/c1-17-10(15)8-5-9(13-11(16)18-2)7-14(6-8)4-3-12/h8-9H,4-7H2,1-2H3,(H,13,16). The van der Waals surface area contributed by atoms with Crippen molar-refractivity contribution in [1.29, 1.82) is 5.26 Å². The largest absolute Gasteiger partial charge is 0.469 e. The van der Waals surface area contributed by atoms with E-state index in [2.05, 4.69) is 10.1 Å². The van der Waals surface area contributed by atoms with E-state index in [0.717, 1.165) is 0 Å². The molecule has 18 heavy (non-hydrogen) atoms. The summed E-state index contributed by atoms with van der Waals surface area (Å²) in [6, 6.07) is 1.81. The zero-order valence-corrected chi connectivity index (χ0v) is 10.5. The van der Waals surface area contributed by atoms with Crippen LogP contribution in [0.3, 0.4) is 0 Å². The molecule has 1 aliphatic rings. The van der Waals surface area contributed by atoms with Crippen molar-refractivity contribution >= 4 is 12.1 Å². The molecule has 1 N–H and O–H groups in total. The average molecular weight is 255 g/mol. The van der Waals surface area contributed by atoms with Crippen LogP contribution in [0, 0.1) is 17.2 Å². The maximum Gasteiger partial charge on any atom is 0.407 e. The van der Waals surface area contributed by atoms with E-state index in [4.69, 9.17) is 10.00 Å². The van der Waals surface area contributed by atoms with Crippen LogP contribution in [0.25, 0.3) is 0 Å². The number of carbonyl (C=O) groups excluding carboxylic acids is 2. The van der Waals surface area contributed by atoms with Gasteiger partial charge in [-0.05, 0) is 6.42 Å².